The number of primary amides is 1. The van der Waals surface area contributed by atoms with Crippen LogP contribution in [-0.2, 0) is 23.9 Å². The maximum atomic E-state index is 11.8. The minimum Gasteiger partial charge on any atom is -0.505 e. The molecule has 1 rings (SSSR count). The minimum atomic E-state index is -1.18. The van der Waals surface area contributed by atoms with E-state index in [-0.39, 0.29) is 69.5 Å². The number of anilines is 1. The first-order valence-electron chi connectivity index (χ1n) is 10.6. The number of carbonyl (C=O) groups excluding carboxylic acids is 3. The smallest absolute Gasteiger partial charge is 0.412 e. The molecular weight excluding hydrogens is 506 g/mol. The maximum absolute atomic E-state index is 11.8. The van der Waals surface area contributed by atoms with Crippen LogP contribution in [0.15, 0.2) is 12.1 Å². The van der Waals surface area contributed by atoms with E-state index in [4.69, 9.17) is 25.7 Å². The second-order valence-corrected chi connectivity index (χ2v) is 7.12. The number of ketones is 1. The summed E-state index contributed by atoms with van der Waals surface area (Å²) >= 11 is 0. The largest absolute Gasteiger partial charge is 0.505 e. The van der Waals surface area contributed by atoms with Gasteiger partial charge in [-0.2, -0.15) is 0 Å². The average molecular weight is 533 g/mol. The molecule has 37 heavy (non-hydrogen) atoms. The molecule has 0 bridgehead atoms. The standard InChI is InChI=1S/C19H27N5O13/c20-14-4-5-15(16(17(14)26)18(21)27)36-19(28)22-6-7-33-8-9-34-10-12(25)2-1-3-13(37-24(31)32)11-35-23(29)30/h4-5,13,26H,1-3,6-11,20H2,(H2,21,27)(H,22,28). The van der Waals surface area contributed by atoms with Crippen LogP contribution in [0.25, 0.3) is 0 Å². The summed E-state index contributed by atoms with van der Waals surface area (Å²) in [7, 11) is 0. The van der Waals surface area contributed by atoms with Crippen LogP contribution >= 0.6 is 0 Å². The molecule has 18 nitrogen and oxygen atoms in total. The summed E-state index contributed by atoms with van der Waals surface area (Å²) in [6, 6.07) is 2.43. The lowest BCUT2D eigenvalue weighted by molar-refractivity contribution is -0.790. The number of nitrogens with one attached hydrogen (secondary N) is 1. The summed E-state index contributed by atoms with van der Waals surface area (Å²) in [5, 5.41) is 30.5. The number of aromatic hydroxyl groups is 1. The molecule has 18 heteroatoms. The molecule has 0 heterocycles. The Bertz CT molecular complexity index is 959. The number of amides is 2. The fourth-order valence-corrected chi connectivity index (χ4v) is 2.71. The molecule has 0 aromatic heterocycles. The van der Waals surface area contributed by atoms with E-state index in [0.29, 0.717) is 0 Å². The summed E-state index contributed by atoms with van der Waals surface area (Å²) in [4.78, 5) is 64.0. The van der Waals surface area contributed by atoms with Gasteiger partial charge in [0.25, 0.3) is 16.1 Å². The van der Waals surface area contributed by atoms with Gasteiger partial charge in [0.15, 0.2) is 11.5 Å². The first kappa shape index (κ1) is 30.6. The highest BCUT2D eigenvalue weighted by Crippen LogP contribution is 2.32. The monoisotopic (exact) mass is 533 g/mol. The Morgan fingerprint density at radius 1 is 1.08 bits per heavy atom. The van der Waals surface area contributed by atoms with Gasteiger partial charge in [0.05, 0.1) is 25.5 Å². The number of carbonyl (C=O) groups is 3. The van der Waals surface area contributed by atoms with E-state index in [1.54, 1.807) is 0 Å². The highest BCUT2D eigenvalue weighted by molar-refractivity contribution is 6.00. The van der Waals surface area contributed by atoms with Crippen molar-refractivity contribution in [3.8, 4) is 11.5 Å². The van der Waals surface area contributed by atoms with Gasteiger partial charge in [-0.15, -0.1) is 20.2 Å². The number of nitrogen functional groups attached to an aromatic ring is 1. The van der Waals surface area contributed by atoms with Crippen LogP contribution in [0.5, 0.6) is 11.5 Å². The van der Waals surface area contributed by atoms with Crippen molar-refractivity contribution in [3.05, 3.63) is 37.9 Å². The summed E-state index contributed by atoms with van der Waals surface area (Å²) in [5.74, 6) is -2.22. The molecule has 0 aliphatic heterocycles. The molecule has 1 aromatic rings. The van der Waals surface area contributed by atoms with E-state index in [0.717, 1.165) is 0 Å². The van der Waals surface area contributed by atoms with E-state index >= 15 is 0 Å². The second-order valence-electron chi connectivity index (χ2n) is 7.12. The van der Waals surface area contributed by atoms with Gasteiger partial charge in [-0.1, -0.05) is 0 Å². The van der Waals surface area contributed by atoms with Crippen LogP contribution in [0.3, 0.4) is 0 Å². The lowest BCUT2D eigenvalue weighted by Gasteiger charge is -2.13. The topological polar surface area (TPSA) is 268 Å². The molecular formula is C19H27N5O13. The molecule has 1 unspecified atom stereocenters. The van der Waals surface area contributed by atoms with Gasteiger partial charge in [-0.3, -0.25) is 9.59 Å². The first-order valence-corrected chi connectivity index (χ1v) is 10.6. The summed E-state index contributed by atoms with van der Waals surface area (Å²) < 4.78 is 15.3. The van der Waals surface area contributed by atoms with Crippen molar-refractivity contribution in [3.63, 3.8) is 0 Å². The van der Waals surface area contributed by atoms with Crippen molar-refractivity contribution in [2.24, 2.45) is 5.73 Å². The van der Waals surface area contributed by atoms with E-state index in [1.165, 1.54) is 12.1 Å². The zero-order valence-corrected chi connectivity index (χ0v) is 19.5. The Hall–Kier alpha value is -4.45. The predicted molar refractivity (Wildman–Crippen MR) is 120 cm³/mol. The third kappa shape index (κ3) is 12.7. The molecule has 1 aromatic carbocycles. The third-order valence-electron chi connectivity index (χ3n) is 4.35. The lowest BCUT2D eigenvalue weighted by atomic mass is 10.1. The molecule has 0 saturated carbocycles. The van der Waals surface area contributed by atoms with Gasteiger partial charge in [-0.25, -0.2) is 4.79 Å². The number of hydrogen-bond donors (Lipinski definition) is 4. The zero-order chi connectivity index (χ0) is 27.8. The van der Waals surface area contributed by atoms with Gasteiger partial charge in [0.1, 0.15) is 30.6 Å². The quantitative estimate of drug-likeness (QED) is 0.0585. The number of nitrogens with zero attached hydrogens (tertiary/aromatic N) is 2. The van der Waals surface area contributed by atoms with Crippen LogP contribution in [-0.4, -0.2) is 78.7 Å². The van der Waals surface area contributed by atoms with Crippen molar-refractivity contribution in [2.45, 2.75) is 25.4 Å². The number of benzene rings is 1. The summed E-state index contributed by atoms with van der Waals surface area (Å²) in [6.45, 7) is -0.631. The fraction of sp³-hybridized carbons (Fsp3) is 0.526. The van der Waals surface area contributed by atoms with Crippen LogP contribution < -0.4 is 21.5 Å². The Kier molecular flexibility index (Phi) is 13.4. The molecule has 0 spiro atoms. The molecule has 0 aliphatic carbocycles. The summed E-state index contributed by atoms with van der Waals surface area (Å²) in [6.07, 6.45) is -1.96. The first-order chi connectivity index (χ1) is 17.5. The van der Waals surface area contributed by atoms with Crippen molar-refractivity contribution in [2.75, 3.05) is 45.3 Å². The minimum absolute atomic E-state index is 0.00613. The molecule has 2 amide bonds. The molecule has 0 saturated heterocycles. The van der Waals surface area contributed by atoms with Crippen LogP contribution in [0.2, 0.25) is 0 Å². The Balaban J connectivity index is 2.16. The van der Waals surface area contributed by atoms with Gasteiger partial charge in [-0.05, 0) is 25.0 Å². The van der Waals surface area contributed by atoms with Gasteiger partial charge >= 0.3 is 6.09 Å². The lowest BCUT2D eigenvalue weighted by Crippen LogP contribution is -2.31. The van der Waals surface area contributed by atoms with Gasteiger partial charge < -0.3 is 45.8 Å². The van der Waals surface area contributed by atoms with E-state index < -0.39 is 46.2 Å². The normalized spacial score (nSPS) is 11.2. The average Bonchev–Trinajstić information content (AvgIpc) is 2.80. The molecule has 206 valence electrons. The number of phenols is 1. The molecule has 6 N–H and O–H groups in total. The highest BCUT2D eigenvalue weighted by Gasteiger charge is 2.20. The predicted octanol–water partition coefficient (Wildman–Crippen LogP) is -0.280. The molecule has 0 radical (unpaired) electrons. The number of rotatable bonds is 19. The SMILES string of the molecule is NC(=O)c1c(OC(=O)NCCOCCOCC(=O)CCCC(CO[N+](=O)[O-])O[N+](=O)[O-])ccc(N)c1O. The molecule has 0 aliphatic rings. The number of hydrogen-bond acceptors (Lipinski definition) is 14. The zero-order valence-electron chi connectivity index (χ0n) is 19.5. The van der Waals surface area contributed by atoms with E-state index in [1.807, 2.05) is 0 Å². The second kappa shape index (κ2) is 16.3. The van der Waals surface area contributed by atoms with Gasteiger partial charge in [0.2, 0.25) is 0 Å². The number of nitrogens with two attached hydrogens (primary N) is 2. The maximum Gasteiger partial charge on any atom is 0.412 e. The van der Waals surface area contributed by atoms with Crippen molar-refractivity contribution in [1.29, 1.82) is 0 Å². The van der Waals surface area contributed by atoms with E-state index in [9.17, 15) is 39.7 Å². The Morgan fingerprint density at radius 3 is 2.43 bits per heavy atom. The number of ether oxygens (including phenoxy) is 3. The van der Waals surface area contributed by atoms with Crippen molar-refractivity contribution >= 4 is 23.5 Å². The Labute approximate surface area is 208 Å². The van der Waals surface area contributed by atoms with Crippen LogP contribution in [0, 0.1) is 20.2 Å². The van der Waals surface area contributed by atoms with Crippen LogP contribution in [0.4, 0.5) is 10.5 Å². The van der Waals surface area contributed by atoms with Crippen LogP contribution in [0.1, 0.15) is 29.6 Å². The van der Waals surface area contributed by atoms with E-state index in [2.05, 4.69) is 15.0 Å². The summed E-state index contributed by atoms with van der Waals surface area (Å²) in [5.41, 5.74) is 10.1. The third-order valence-corrected chi connectivity index (χ3v) is 4.35. The van der Waals surface area contributed by atoms with Crippen molar-refractivity contribution in [1.82, 2.24) is 5.32 Å². The van der Waals surface area contributed by atoms with Crippen molar-refractivity contribution < 1.29 is 53.5 Å². The van der Waals surface area contributed by atoms with Gasteiger partial charge in [0, 0.05) is 13.0 Å². The fourth-order valence-electron chi connectivity index (χ4n) is 2.71. The molecule has 1 atom stereocenters. The molecule has 0 fully saturated rings. The highest BCUT2D eigenvalue weighted by atomic mass is 17.0. The Morgan fingerprint density at radius 2 is 1.78 bits per heavy atom. The number of Topliss-reactive ketones (excluding diaryl/α,β-unsaturated/α-hetero) is 1.